The van der Waals surface area contributed by atoms with Crippen LogP contribution in [0.1, 0.15) is 18.5 Å². The molecule has 0 saturated carbocycles. The molecule has 10 heteroatoms. The summed E-state index contributed by atoms with van der Waals surface area (Å²) in [7, 11) is 0. The van der Waals surface area contributed by atoms with E-state index in [0.717, 1.165) is 0 Å². The molecule has 0 saturated heterocycles. The summed E-state index contributed by atoms with van der Waals surface area (Å²) in [5, 5.41) is 9.31. The third-order valence-electron chi connectivity index (χ3n) is 5.17. The second-order valence-electron chi connectivity index (χ2n) is 7.49. The van der Waals surface area contributed by atoms with Crippen molar-refractivity contribution < 1.29 is 13.6 Å². The van der Waals surface area contributed by atoms with Crippen LogP contribution in [0.5, 0.6) is 0 Å². The summed E-state index contributed by atoms with van der Waals surface area (Å²) < 4.78 is 19.1. The predicted molar refractivity (Wildman–Crippen MR) is 128 cm³/mol. The second kappa shape index (κ2) is 8.95. The molecule has 4 aromatic rings. The standard InChI is InChI=1S/C24H18ClFN6O2/c1-13-20(22(33)30-19-8-4-5-11-27-19)21(15-6-2-3-7-16(15)25)31-23(28-13)32-24-29-17-10-9-14(26)12-18(17)34-24/h2-12,21H,1H3,(H,27,30,33)(H2,28,29,31,32). The van der Waals surface area contributed by atoms with E-state index in [-0.39, 0.29) is 11.9 Å². The number of benzene rings is 2. The lowest BCUT2D eigenvalue weighted by atomic mass is 9.95. The maximum atomic E-state index is 13.5. The van der Waals surface area contributed by atoms with E-state index in [1.54, 1.807) is 43.5 Å². The lowest BCUT2D eigenvalue weighted by molar-refractivity contribution is -0.113. The molecule has 2 aromatic heterocycles. The summed E-state index contributed by atoms with van der Waals surface area (Å²) in [6.07, 6.45) is 1.59. The minimum atomic E-state index is -0.719. The quantitative estimate of drug-likeness (QED) is 0.381. The Labute approximate surface area is 198 Å². The third kappa shape index (κ3) is 4.33. The van der Waals surface area contributed by atoms with Crippen LogP contribution in [0.15, 0.2) is 87.5 Å². The molecule has 0 spiro atoms. The number of guanidine groups is 1. The van der Waals surface area contributed by atoms with Gasteiger partial charge < -0.3 is 15.1 Å². The molecule has 8 nitrogen and oxygen atoms in total. The molecule has 1 aliphatic heterocycles. The Morgan fingerprint density at radius 3 is 2.76 bits per heavy atom. The average Bonchev–Trinajstić information content (AvgIpc) is 3.20. The highest BCUT2D eigenvalue weighted by atomic mass is 35.5. The van der Waals surface area contributed by atoms with Gasteiger partial charge in [-0.25, -0.2) is 14.4 Å². The van der Waals surface area contributed by atoms with Gasteiger partial charge in [0.15, 0.2) is 5.58 Å². The number of halogens is 2. The van der Waals surface area contributed by atoms with Gasteiger partial charge in [0.05, 0.1) is 5.57 Å². The summed E-state index contributed by atoms with van der Waals surface area (Å²) in [5.74, 6) is -0.0839. The summed E-state index contributed by atoms with van der Waals surface area (Å²) >= 11 is 6.47. The number of aliphatic imine (C=N–C) groups is 1. The number of nitrogens with one attached hydrogen (secondary N) is 3. The number of amides is 1. The Morgan fingerprint density at radius 1 is 1.15 bits per heavy atom. The number of aromatic nitrogens is 2. The van der Waals surface area contributed by atoms with Crippen LogP contribution in [0.3, 0.4) is 0 Å². The first-order valence-corrected chi connectivity index (χ1v) is 10.7. The molecule has 0 bridgehead atoms. The number of carbonyl (C=O) groups is 1. The Balaban J connectivity index is 1.49. The van der Waals surface area contributed by atoms with Crippen molar-refractivity contribution in [2.45, 2.75) is 13.0 Å². The first-order valence-electron chi connectivity index (χ1n) is 10.3. The number of hydrogen-bond acceptors (Lipinski definition) is 7. The fourth-order valence-electron chi connectivity index (χ4n) is 3.63. The van der Waals surface area contributed by atoms with Gasteiger partial charge in [-0.15, -0.1) is 0 Å². The smallest absolute Gasteiger partial charge is 0.302 e. The van der Waals surface area contributed by atoms with Gasteiger partial charge in [-0.2, -0.15) is 4.98 Å². The van der Waals surface area contributed by atoms with E-state index in [2.05, 4.69) is 30.9 Å². The largest absolute Gasteiger partial charge is 0.423 e. The maximum absolute atomic E-state index is 13.5. The molecular weight excluding hydrogens is 459 g/mol. The zero-order valence-electron chi connectivity index (χ0n) is 17.8. The molecule has 0 radical (unpaired) electrons. The van der Waals surface area contributed by atoms with E-state index in [9.17, 15) is 9.18 Å². The minimum Gasteiger partial charge on any atom is -0.423 e. The van der Waals surface area contributed by atoms with Gasteiger partial charge >= 0.3 is 6.01 Å². The number of rotatable bonds is 4. The van der Waals surface area contributed by atoms with Crippen LogP contribution in [0.2, 0.25) is 5.02 Å². The number of anilines is 2. The number of nitrogens with zero attached hydrogens (tertiary/aromatic N) is 3. The highest BCUT2D eigenvalue weighted by Crippen LogP contribution is 2.35. The van der Waals surface area contributed by atoms with Crippen molar-refractivity contribution in [1.82, 2.24) is 15.3 Å². The zero-order valence-corrected chi connectivity index (χ0v) is 18.6. The fraction of sp³-hybridized carbons (Fsp3) is 0.0833. The van der Waals surface area contributed by atoms with Gasteiger partial charge in [-0.3, -0.25) is 10.1 Å². The number of oxazole rings is 1. The highest BCUT2D eigenvalue weighted by molar-refractivity contribution is 6.31. The van der Waals surface area contributed by atoms with E-state index in [1.807, 2.05) is 12.1 Å². The summed E-state index contributed by atoms with van der Waals surface area (Å²) in [5.41, 5.74) is 2.37. The average molecular weight is 477 g/mol. The molecule has 2 aromatic carbocycles. The Hall–Kier alpha value is -4.24. The van der Waals surface area contributed by atoms with Gasteiger partial charge in [0.25, 0.3) is 5.91 Å². The normalized spacial score (nSPS) is 15.6. The molecule has 3 N–H and O–H groups in total. The molecule has 5 rings (SSSR count). The molecular formula is C24H18ClFN6O2. The number of allylic oxidation sites excluding steroid dienone is 1. The molecule has 1 atom stereocenters. The van der Waals surface area contributed by atoms with E-state index in [4.69, 9.17) is 16.0 Å². The SMILES string of the molecule is CC1=C(C(=O)Nc2ccccn2)C(c2ccccc2Cl)N=C(Nc2nc3ccc(F)cc3o2)N1. The van der Waals surface area contributed by atoms with E-state index in [0.29, 0.717) is 44.7 Å². The van der Waals surface area contributed by atoms with Gasteiger partial charge in [-0.05, 0) is 37.3 Å². The Kier molecular flexibility index (Phi) is 5.69. The molecule has 1 unspecified atom stereocenters. The van der Waals surface area contributed by atoms with Crippen LogP contribution in [-0.2, 0) is 4.79 Å². The van der Waals surface area contributed by atoms with Gasteiger partial charge in [0, 0.05) is 28.5 Å². The van der Waals surface area contributed by atoms with Gasteiger partial charge in [0.2, 0.25) is 5.96 Å². The van der Waals surface area contributed by atoms with Crippen molar-refractivity contribution in [3.05, 3.63) is 94.5 Å². The molecule has 170 valence electrons. The van der Waals surface area contributed by atoms with Crippen LogP contribution >= 0.6 is 11.6 Å². The molecule has 1 aliphatic rings. The van der Waals surface area contributed by atoms with Crippen LogP contribution in [0.25, 0.3) is 11.1 Å². The zero-order chi connectivity index (χ0) is 23.7. The van der Waals surface area contributed by atoms with Crippen molar-refractivity contribution in [2.75, 3.05) is 10.6 Å². The first-order chi connectivity index (χ1) is 16.5. The summed E-state index contributed by atoms with van der Waals surface area (Å²) in [6, 6.07) is 15.9. The van der Waals surface area contributed by atoms with Crippen LogP contribution in [0, 0.1) is 5.82 Å². The summed E-state index contributed by atoms with van der Waals surface area (Å²) in [6.45, 7) is 1.76. The monoisotopic (exact) mass is 476 g/mol. The molecule has 34 heavy (non-hydrogen) atoms. The van der Waals surface area contributed by atoms with E-state index >= 15 is 0 Å². The minimum absolute atomic E-state index is 0.124. The van der Waals surface area contributed by atoms with Crippen LogP contribution in [0.4, 0.5) is 16.2 Å². The van der Waals surface area contributed by atoms with Crippen molar-refractivity contribution in [2.24, 2.45) is 4.99 Å². The Morgan fingerprint density at radius 2 is 1.97 bits per heavy atom. The predicted octanol–water partition coefficient (Wildman–Crippen LogP) is 5.04. The lowest BCUT2D eigenvalue weighted by Gasteiger charge is -2.26. The van der Waals surface area contributed by atoms with Crippen molar-refractivity contribution >= 4 is 46.4 Å². The number of hydrogen-bond donors (Lipinski definition) is 3. The van der Waals surface area contributed by atoms with Gasteiger partial charge in [-0.1, -0.05) is 35.9 Å². The van der Waals surface area contributed by atoms with Gasteiger partial charge in [0.1, 0.15) is 23.2 Å². The molecule has 0 fully saturated rings. The number of carbonyl (C=O) groups excluding carboxylic acids is 1. The van der Waals surface area contributed by atoms with Crippen molar-refractivity contribution in [1.29, 1.82) is 0 Å². The van der Waals surface area contributed by atoms with Crippen molar-refractivity contribution in [3.8, 4) is 0 Å². The second-order valence-corrected chi connectivity index (χ2v) is 7.90. The van der Waals surface area contributed by atoms with Crippen LogP contribution in [-0.4, -0.2) is 21.8 Å². The number of pyridine rings is 1. The van der Waals surface area contributed by atoms with Crippen molar-refractivity contribution in [3.63, 3.8) is 0 Å². The van der Waals surface area contributed by atoms with Crippen LogP contribution < -0.4 is 16.0 Å². The number of fused-ring (bicyclic) bond motifs is 1. The fourth-order valence-corrected chi connectivity index (χ4v) is 3.87. The first kappa shape index (κ1) is 21.6. The Bertz CT molecular complexity index is 1450. The molecule has 3 heterocycles. The third-order valence-corrected chi connectivity index (χ3v) is 5.51. The topological polar surface area (TPSA) is 104 Å². The van der Waals surface area contributed by atoms with E-state index in [1.165, 1.54) is 18.2 Å². The molecule has 0 aliphatic carbocycles. The lowest BCUT2D eigenvalue weighted by Crippen LogP contribution is -2.37. The maximum Gasteiger partial charge on any atom is 0.302 e. The highest BCUT2D eigenvalue weighted by Gasteiger charge is 2.31. The summed E-state index contributed by atoms with van der Waals surface area (Å²) in [4.78, 5) is 26.4. The molecule has 1 amide bonds. The van der Waals surface area contributed by atoms with E-state index < -0.39 is 11.9 Å².